The third-order valence-corrected chi connectivity index (χ3v) is 5.70. The molecule has 2 aromatic carbocycles. The van der Waals surface area contributed by atoms with Crippen LogP contribution in [0.2, 0.25) is 0 Å². The minimum atomic E-state index is -0.127. The van der Waals surface area contributed by atoms with E-state index in [0.29, 0.717) is 5.69 Å². The quantitative estimate of drug-likeness (QED) is 0.596. The summed E-state index contributed by atoms with van der Waals surface area (Å²) in [5.41, 5.74) is 3.27. The lowest BCUT2D eigenvalue weighted by molar-refractivity contribution is -0.120. The molecule has 0 atom stereocenters. The molecule has 1 aliphatic rings. The highest BCUT2D eigenvalue weighted by atomic mass is 16.5. The number of carbonyl (C=O) groups is 2. The summed E-state index contributed by atoms with van der Waals surface area (Å²) < 4.78 is 5.22. The first-order valence-electron chi connectivity index (χ1n) is 10.9. The Morgan fingerprint density at radius 2 is 1.58 bits per heavy atom. The fourth-order valence-electron chi connectivity index (χ4n) is 3.89. The average Bonchev–Trinajstić information content (AvgIpc) is 2.85. The fraction of sp³-hybridized carbons (Fsp3) is 0.280. The third kappa shape index (κ3) is 5.65. The SMILES string of the molecule is COc1ccc(-c2cc(N3CCC(C(=O)Nc4ccc(NC(C)=O)cc4)CC3)ncn2)cc1. The van der Waals surface area contributed by atoms with Gasteiger partial charge in [0, 0.05) is 48.9 Å². The molecule has 0 saturated carbocycles. The summed E-state index contributed by atoms with van der Waals surface area (Å²) in [5, 5.41) is 5.70. The summed E-state index contributed by atoms with van der Waals surface area (Å²) in [5.74, 6) is 1.50. The van der Waals surface area contributed by atoms with Crippen molar-refractivity contribution in [2.24, 2.45) is 5.92 Å². The second kappa shape index (κ2) is 10.1. The maximum atomic E-state index is 12.7. The van der Waals surface area contributed by atoms with Crippen molar-refractivity contribution in [3.05, 3.63) is 60.9 Å². The highest BCUT2D eigenvalue weighted by Crippen LogP contribution is 2.27. The van der Waals surface area contributed by atoms with Gasteiger partial charge in [0.15, 0.2) is 0 Å². The summed E-state index contributed by atoms with van der Waals surface area (Å²) in [6, 6.07) is 16.9. The Morgan fingerprint density at radius 1 is 0.939 bits per heavy atom. The number of nitrogens with zero attached hydrogens (tertiary/aromatic N) is 3. The van der Waals surface area contributed by atoms with Gasteiger partial charge in [-0.1, -0.05) is 0 Å². The highest BCUT2D eigenvalue weighted by molar-refractivity contribution is 5.93. The Kier molecular flexibility index (Phi) is 6.83. The van der Waals surface area contributed by atoms with Gasteiger partial charge < -0.3 is 20.3 Å². The molecule has 1 aromatic heterocycles. The second-order valence-electron chi connectivity index (χ2n) is 8.00. The summed E-state index contributed by atoms with van der Waals surface area (Å²) in [6.07, 6.45) is 3.08. The molecule has 1 aliphatic heterocycles. The number of benzene rings is 2. The lowest BCUT2D eigenvalue weighted by atomic mass is 9.95. The van der Waals surface area contributed by atoms with Crippen LogP contribution >= 0.6 is 0 Å². The number of piperidine rings is 1. The Hall–Kier alpha value is -3.94. The van der Waals surface area contributed by atoms with Crippen molar-refractivity contribution in [3.8, 4) is 17.0 Å². The van der Waals surface area contributed by atoms with Crippen LogP contribution in [0, 0.1) is 5.92 Å². The normalized spacial score (nSPS) is 13.9. The van der Waals surface area contributed by atoms with Crippen LogP contribution < -0.4 is 20.3 Å². The molecule has 33 heavy (non-hydrogen) atoms. The molecule has 2 N–H and O–H groups in total. The van der Waals surface area contributed by atoms with E-state index in [1.807, 2.05) is 30.3 Å². The number of amides is 2. The van der Waals surface area contributed by atoms with Crippen LogP contribution in [0.4, 0.5) is 17.2 Å². The predicted molar refractivity (Wildman–Crippen MR) is 128 cm³/mol. The summed E-state index contributed by atoms with van der Waals surface area (Å²) in [7, 11) is 1.64. The summed E-state index contributed by atoms with van der Waals surface area (Å²) in [4.78, 5) is 34.9. The Labute approximate surface area is 193 Å². The van der Waals surface area contributed by atoms with Gasteiger partial charge in [0.1, 0.15) is 17.9 Å². The molecule has 0 aliphatic carbocycles. The van der Waals surface area contributed by atoms with Crippen LogP contribution in [-0.2, 0) is 9.59 Å². The number of carbonyl (C=O) groups excluding carboxylic acids is 2. The molecule has 1 fully saturated rings. The number of ether oxygens (including phenoxy) is 1. The first kappa shape index (κ1) is 22.3. The van der Waals surface area contributed by atoms with Gasteiger partial charge >= 0.3 is 0 Å². The fourth-order valence-corrected chi connectivity index (χ4v) is 3.89. The monoisotopic (exact) mass is 445 g/mol. The van der Waals surface area contributed by atoms with Crippen molar-refractivity contribution in [2.75, 3.05) is 35.7 Å². The predicted octanol–water partition coefficient (Wildman–Crippen LogP) is 3.97. The Balaban J connectivity index is 1.33. The van der Waals surface area contributed by atoms with Crippen LogP contribution in [0.5, 0.6) is 5.75 Å². The van der Waals surface area contributed by atoms with Crippen LogP contribution in [0.25, 0.3) is 11.3 Å². The topological polar surface area (TPSA) is 96.5 Å². The zero-order chi connectivity index (χ0) is 23.2. The number of hydrogen-bond acceptors (Lipinski definition) is 6. The van der Waals surface area contributed by atoms with Crippen molar-refractivity contribution < 1.29 is 14.3 Å². The first-order valence-corrected chi connectivity index (χ1v) is 10.9. The van der Waals surface area contributed by atoms with Gasteiger partial charge in [0.2, 0.25) is 11.8 Å². The highest BCUT2D eigenvalue weighted by Gasteiger charge is 2.26. The molecule has 1 saturated heterocycles. The summed E-state index contributed by atoms with van der Waals surface area (Å²) in [6.45, 7) is 2.96. The van der Waals surface area contributed by atoms with E-state index in [0.717, 1.165) is 54.4 Å². The number of methoxy groups -OCH3 is 1. The molecule has 0 radical (unpaired) electrons. The lowest BCUT2D eigenvalue weighted by Gasteiger charge is -2.32. The van der Waals surface area contributed by atoms with E-state index in [2.05, 4.69) is 25.5 Å². The number of nitrogens with one attached hydrogen (secondary N) is 2. The van der Waals surface area contributed by atoms with E-state index in [4.69, 9.17) is 4.74 Å². The zero-order valence-electron chi connectivity index (χ0n) is 18.7. The number of rotatable bonds is 6. The maximum Gasteiger partial charge on any atom is 0.227 e. The van der Waals surface area contributed by atoms with E-state index in [1.165, 1.54) is 6.92 Å². The van der Waals surface area contributed by atoms with E-state index in [9.17, 15) is 9.59 Å². The zero-order valence-corrected chi connectivity index (χ0v) is 18.7. The first-order chi connectivity index (χ1) is 16.0. The van der Waals surface area contributed by atoms with E-state index in [-0.39, 0.29) is 17.7 Å². The van der Waals surface area contributed by atoms with Crippen LogP contribution in [0.3, 0.4) is 0 Å². The van der Waals surface area contributed by atoms with Crippen molar-refractivity contribution in [1.29, 1.82) is 0 Å². The molecule has 2 heterocycles. The molecule has 4 rings (SSSR count). The van der Waals surface area contributed by atoms with E-state index < -0.39 is 0 Å². The van der Waals surface area contributed by atoms with Crippen molar-refractivity contribution >= 4 is 29.0 Å². The minimum Gasteiger partial charge on any atom is -0.497 e. The van der Waals surface area contributed by atoms with Gasteiger partial charge in [-0.25, -0.2) is 9.97 Å². The Bertz CT molecular complexity index is 1110. The van der Waals surface area contributed by atoms with Gasteiger partial charge in [0.05, 0.1) is 12.8 Å². The van der Waals surface area contributed by atoms with Crippen molar-refractivity contribution in [2.45, 2.75) is 19.8 Å². The van der Waals surface area contributed by atoms with Crippen LogP contribution in [0.1, 0.15) is 19.8 Å². The minimum absolute atomic E-state index is 0.0172. The molecule has 8 heteroatoms. The molecule has 2 amide bonds. The van der Waals surface area contributed by atoms with Gasteiger partial charge in [-0.3, -0.25) is 9.59 Å². The molecule has 0 unspecified atom stereocenters. The van der Waals surface area contributed by atoms with Crippen LogP contribution in [0.15, 0.2) is 60.9 Å². The van der Waals surface area contributed by atoms with E-state index >= 15 is 0 Å². The summed E-state index contributed by atoms with van der Waals surface area (Å²) >= 11 is 0. The van der Waals surface area contributed by atoms with Gasteiger partial charge in [-0.15, -0.1) is 0 Å². The van der Waals surface area contributed by atoms with Crippen molar-refractivity contribution in [1.82, 2.24) is 9.97 Å². The Morgan fingerprint density at radius 3 is 2.18 bits per heavy atom. The molecule has 170 valence electrons. The molecule has 0 bridgehead atoms. The van der Waals surface area contributed by atoms with Gasteiger partial charge in [-0.2, -0.15) is 0 Å². The second-order valence-corrected chi connectivity index (χ2v) is 8.00. The number of anilines is 3. The van der Waals surface area contributed by atoms with E-state index in [1.54, 1.807) is 37.7 Å². The van der Waals surface area contributed by atoms with Gasteiger partial charge in [-0.05, 0) is 61.4 Å². The molecular weight excluding hydrogens is 418 g/mol. The molecule has 0 spiro atoms. The molecular formula is C25H27N5O3. The maximum absolute atomic E-state index is 12.7. The molecule has 3 aromatic rings. The molecule has 8 nitrogen and oxygen atoms in total. The van der Waals surface area contributed by atoms with Gasteiger partial charge in [0.25, 0.3) is 0 Å². The standard InChI is InChI=1S/C25H27N5O3/c1-17(31)28-20-5-7-21(8-6-20)29-25(32)19-11-13-30(14-12-19)24-15-23(26-16-27-24)18-3-9-22(33-2)10-4-18/h3-10,15-16,19H,11-14H2,1-2H3,(H,28,31)(H,29,32). The smallest absolute Gasteiger partial charge is 0.227 e. The number of aromatic nitrogens is 2. The van der Waals surface area contributed by atoms with Crippen LogP contribution in [-0.4, -0.2) is 42.0 Å². The number of hydrogen-bond donors (Lipinski definition) is 2. The van der Waals surface area contributed by atoms with Crippen molar-refractivity contribution in [3.63, 3.8) is 0 Å². The lowest BCUT2D eigenvalue weighted by Crippen LogP contribution is -2.38. The largest absolute Gasteiger partial charge is 0.497 e. The average molecular weight is 446 g/mol. The third-order valence-electron chi connectivity index (χ3n) is 5.70.